The minimum absolute atomic E-state index is 0.0276. The number of anilines is 2. The molecule has 0 aliphatic carbocycles. The maximum Gasteiger partial charge on any atom is 0.225 e. The summed E-state index contributed by atoms with van der Waals surface area (Å²) in [4.78, 5) is 13.8. The number of nitrogens with zero attached hydrogens (tertiary/aromatic N) is 2. The van der Waals surface area contributed by atoms with Gasteiger partial charge in [0, 0.05) is 37.3 Å². The van der Waals surface area contributed by atoms with E-state index in [1.807, 2.05) is 6.92 Å². The zero-order valence-corrected chi connectivity index (χ0v) is 11.2. The first-order valence-corrected chi connectivity index (χ1v) is 6.40. The molecule has 102 valence electrons. The third-order valence-electron chi connectivity index (χ3n) is 2.84. The zero-order valence-electron chi connectivity index (χ0n) is 11.2. The highest BCUT2D eigenvalue weighted by Crippen LogP contribution is 2.10. The minimum atomic E-state index is -0.0276. The maximum absolute atomic E-state index is 11.8. The van der Waals surface area contributed by atoms with Crippen LogP contribution in [0.25, 0.3) is 0 Å². The van der Waals surface area contributed by atoms with Crippen LogP contribution in [-0.2, 0) is 4.79 Å². The molecule has 5 heteroatoms. The summed E-state index contributed by atoms with van der Waals surface area (Å²) >= 11 is 0. The van der Waals surface area contributed by atoms with Crippen molar-refractivity contribution in [1.29, 1.82) is 5.26 Å². The summed E-state index contributed by atoms with van der Waals surface area (Å²) in [5.41, 5.74) is 7.00. The number of hydrogen-bond acceptors (Lipinski definition) is 4. The van der Waals surface area contributed by atoms with Crippen LogP contribution in [0.15, 0.2) is 24.3 Å². The van der Waals surface area contributed by atoms with Crippen molar-refractivity contribution in [2.24, 2.45) is 0 Å². The topological polar surface area (TPSA) is 82.2 Å². The van der Waals surface area contributed by atoms with Crippen molar-refractivity contribution in [2.75, 3.05) is 30.7 Å². The normalized spacial score (nSPS) is 10.2. The molecule has 0 saturated heterocycles. The van der Waals surface area contributed by atoms with E-state index in [1.165, 1.54) is 0 Å². The predicted molar refractivity (Wildman–Crippen MR) is 76.4 cm³/mol. The second-order valence-corrected chi connectivity index (χ2v) is 4.26. The average molecular weight is 260 g/mol. The molecule has 0 heterocycles. The molecule has 3 N–H and O–H groups in total. The fourth-order valence-corrected chi connectivity index (χ4v) is 1.69. The minimum Gasteiger partial charge on any atom is -0.399 e. The van der Waals surface area contributed by atoms with E-state index in [4.69, 9.17) is 11.0 Å². The van der Waals surface area contributed by atoms with Crippen LogP contribution in [-0.4, -0.2) is 30.4 Å². The van der Waals surface area contributed by atoms with Gasteiger partial charge in [0.2, 0.25) is 5.91 Å². The molecule has 5 nitrogen and oxygen atoms in total. The highest BCUT2D eigenvalue weighted by atomic mass is 16.1. The van der Waals surface area contributed by atoms with Crippen LogP contribution in [0.2, 0.25) is 0 Å². The number of nitriles is 1. The van der Waals surface area contributed by atoms with E-state index in [0.29, 0.717) is 31.6 Å². The fourth-order valence-electron chi connectivity index (χ4n) is 1.69. The first kappa shape index (κ1) is 15.0. The Kier molecular flexibility index (Phi) is 6.41. The largest absolute Gasteiger partial charge is 0.399 e. The zero-order chi connectivity index (χ0) is 14.1. The van der Waals surface area contributed by atoms with Gasteiger partial charge < -0.3 is 16.0 Å². The number of amides is 1. The Labute approximate surface area is 114 Å². The summed E-state index contributed by atoms with van der Waals surface area (Å²) in [6.07, 6.45) is 0.914. The van der Waals surface area contributed by atoms with Gasteiger partial charge in [0.1, 0.15) is 0 Å². The fraction of sp³-hybridized carbons (Fsp3) is 0.429. The van der Waals surface area contributed by atoms with E-state index >= 15 is 0 Å². The first-order chi connectivity index (χ1) is 9.15. The number of carbonyl (C=O) groups excluding carboxylic acids is 1. The molecule has 0 atom stereocenters. The molecule has 0 saturated carbocycles. The lowest BCUT2D eigenvalue weighted by Crippen LogP contribution is -2.28. The van der Waals surface area contributed by atoms with Gasteiger partial charge in [-0.2, -0.15) is 5.26 Å². The van der Waals surface area contributed by atoms with E-state index in [0.717, 1.165) is 12.2 Å². The first-order valence-electron chi connectivity index (χ1n) is 6.40. The van der Waals surface area contributed by atoms with Crippen LogP contribution in [0.3, 0.4) is 0 Å². The average Bonchev–Trinajstić information content (AvgIpc) is 2.42. The lowest BCUT2D eigenvalue weighted by Gasteiger charge is -2.18. The Morgan fingerprint density at radius 3 is 2.63 bits per heavy atom. The molecule has 0 bridgehead atoms. The van der Waals surface area contributed by atoms with E-state index in [2.05, 4.69) is 16.3 Å². The Morgan fingerprint density at radius 2 is 2.05 bits per heavy atom. The number of hydrogen-bond donors (Lipinski definition) is 2. The Bertz CT molecular complexity index is 436. The molecule has 0 aliphatic rings. The van der Waals surface area contributed by atoms with Gasteiger partial charge in [-0.05, 0) is 30.8 Å². The SMILES string of the molecule is CCN(CCC#N)CCC(=O)Nc1ccc(N)cc1. The number of benzene rings is 1. The van der Waals surface area contributed by atoms with E-state index < -0.39 is 0 Å². The van der Waals surface area contributed by atoms with E-state index in [-0.39, 0.29) is 5.91 Å². The van der Waals surface area contributed by atoms with Gasteiger partial charge in [0.15, 0.2) is 0 Å². The third kappa shape index (κ3) is 5.89. The number of carbonyl (C=O) groups is 1. The van der Waals surface area contributed by atoms with Crippen molar-refractivity contribution < 1.29 is 4.79 Å². The van der Waals surface area contributed by atoms with Crippen LogP contribution in [0.4, 0.5) is 11.4 Å². The summed E-state index contributed by atoms with van der Waals surface area (Å²) in [7, 11) is 0. The molecule has 0 aromatic heterocycles. The van der Waals surface area contributed by atoms with Crippen LogP contribution in [0.5, 0.6) is 0 Å². The van der Waals surface area contributed by atoms with Gasteiger partial charge in [0.25, 0.3) is 0 Å². The van der Waals surface area contributed by atoms with Gasteiger partial charge in [-0.1, -0.05) is 6.92 Å². The molecule has 0 aliphatic heterocycles. The molecule has 0 unspecified atom stereocenters. The summed E-state index contributed by atoms with van der Waals surface area (Å²) in [5, 5.41) is 11.4. The summed E-state index contributed by atoms with van der Waals surface area (Å²) in [5.74, 6) is -0.0276. The molecule has 1 aromatic rings. The Morgan fingerprint density at radius 1 is 1.37 bits per heavy atom. The van der Waals surface area contributed by atoms with Gasteiger partial charge in [-0.25, -0.2) is 0 Å². The molecule has 19 heavy (non-hydrogen) atoms. The van der Waals surface area contributed by atoms with E-state index in [9.17, 15) is 4.79 Å². The highest BCUT2D eigenvalue weighted by molar-refractivity contribution is 5.90. The molecule has 1 rings (SSSR count). The number of rotatable bonds is 7. The van der Waals surface area contributed by atoms with Crippen molar-refractivity contribution >= 4 is 17.3 Å². The Hall–Kier alpha value is -2.06. The van der Waals surface area contributed by atoms with Crippen LogP contribution < -0.4 is 11.1 Å². The highest BCUT2D eigenvalue weighted by Gasteiger charge is 2.06. The summed E-state index contributed by atoms with van der Waals surface area (Å²) in [6, 6.07) is 9.17. The van der Waals surface area contributed by atoms with Gasteiger partial charge >= 0.3 is 0 Å². The molecular formula is C14H20N4O. The van der Waals surface area contributed by atoms with Gasteiger partial charge in [-0.15, -0.1) is 0 Å². The monoisotopic (exact) mass is 260 g/mol. The quantitative estimate of drug-likeness (QED) is 0.733. The molecule has 0 radical (unpaired) electrons. The lowest BCUT2D eigenvalue weighted by atomic mass is 10.2. The number of nitrogens with one attached hydrogen (secondary N) is 1. The molecule has 0 fully saturated rings. The molecule has 1 aromatic carbocycles. The number of nitrogen functional groups attached to an aromatic ring is 1. The van der Waals surface area contributed by atoms with Crippen molar-refractivity contribution in [2.45, 2.75) is 19.8 Å². The third-order valence-corrected chi connectivity index (χ3v) is 2.84. The molecule has 0 spiro atoms. The Balaban J connectivity index is 2.34. The van der Waals surface area contributed by atoms with Crippen molar-refractivity contribution in [1.82, 2.24) is 4.90 Å². The van der Waals surface area contributed by atoms with Crippen LogP contribution >= 0.6 is 0 Å². The van der Waals surface area contributed by atoms with Crippen molar-refractivity contribution in [3.05, 3.63) is 24.3 Å². The summed E-state index contributed by atoms with van der Waals surface area (Å²) in [6.45, 7) is 4.24. The predicted octanol–water partition coefficient (Wildman–Crippen LogP) is 1.83. The molecular weight excluding hydrogens is 240 g/mol. The van der Waals surface area contributed by atoms with E-state index in [1.54, 1.807) is 24.3 Å². The van der Waals surface area contributed by atoms with Gasteiger partial charge in [-0.3, -0.25) is 4.79 Å². The van der Waals surface area contributed by atoms with Crippen LogP contribution in [0.1, 0.15) is 19.8 Å². The number of nitrogens with two attached hydrogens (primary N) is 1. The second-order valence-electron chi connectivity index (χ2n) is 4.26. The molecule has 1 amide bonds. The maximum atomic E-state index is 11.8. The smallest absolute Gasteiger partial charge is 0.225 e. The standard InChI is InChI=1S/C14H20N4O/c1-2-18(10-3-9-15)11-8-14(19)17-13-6-4-12(16)5-7-13/h4-7H,2-3,8,10-11,16H2,1H3,(H,17,19). The van der Waals surface area contributed by atoms with Crippen LogP contribution in [0, 0.1) is 11.3 Å². The van der Waals surface area contributed by atoms with Crippen molar-refractivity contribution in [3.63, 3.8) is 0 Å². The summed E-state index contributed by atoms with van der Waals surface area (Å²) < 4.78 is 0. The second kappa shape index (κ2) is 8.11. The van der Waals surface area contributed by atoms with Gasteiger partial charge in [0.05, 0.1) is 6.07 Å². The lowest BCUT2D eigenvalue weighted by molar-refractivity contribution is -0.116. The van der Waals surface area contributed by atoms with Crippen molar-refractivity contribution in [3.8, 4) is 6.07 Å².